The number of carbonyl (C=O) groups is 1. The van der Waals surface area contributed by atoms with Crippen molar-refractivity contribution in [2.45, 2.75) is 10.1 Å². The SMILES string of the molecule is CSc1nc(SC)c(C(=O)c2ccc(Cl)cc2)cc1C#N. The highest BCUT2D eigenvalue weighted by atomic mass is 35.5. The van der Waals surface area contributed by atoms with E-state index in [0.717, 1.165) is 0 Å². The molecule has 0 N–H and O–H groups in total. The Balaban J connectivity index is 2.54. The molecule has 0 aliphatic rings. The lowest BCUT2D eigenvalue weighted by Gasteiger charge is -2.09. The minimum atomic E-state index is -0.160. The van der Waals surface area contributed by atoms with Crippen molar-refractivity contribution in [3.63, 3.8) is 0 Å². The molecule has 0 saturated carbocycles. The average Bonchev–Trinajstić information content (AvgIpc) is 2.53. The second kappa shape index (κ2) is 6.99. The van der Waals surface area contributed by atoms with E-state index in [0.29, 0.717) is 31.8 Å². The lowest BCUT2D eigenvalue weighted by molar-refractivity contribution is 0.103. The molecule has 21 heavy (non-hydrogen) atoms. The maximum atomic E-state index is 12.6. The van der Waals surface area contributed by atoms with Crippen LogP contribution in [0.2, 0.25) is 5.02 Å². The van der Waals surface area contributed by atoms with Crippen molar-refractivity contribution in [2.75, 3.05) is 12.5 Å². The van der Waals surface area contributed by atoms with Gasteiger partial charge in [-0.3, -0.25) is 4.79 Å². The summed E-state index contributed by atoms with van der Waals surface area (Å²) in [5.41, 5.74) is 1.38. The van der Waals surface area contributed by atoms with E-state index in [4.69, 9.17) is 11.6 Å². The molecular formula is C15H11ClN2OS2. The van der Waals surface area contributed by atoms with Crippen molar-refractivity contribution in [3.05, 3.63) is 52.0 Å². The van der Waals surface area contributed by atoms with E-state index >= 15 is 0 Å². The lowest BCUT2D eigenvalue weighted by Crippen LogP contribution is -2.06. The van der Waals surface area contributed by atoms with Crippen LogP contribution in [0.25, 0.3) is 0 Å². The Morgan fingerprint density at radius 1 is 1.19 bits per heavy atom. The van der Waals surface area contributed by atoms with Gasteiger partial charge in [-0.1, -0.05) is 11.6 Å². The molecule has 1 heterocycles. The van der Waals surface area contributed by atoms with E-state index in [1.54, 1.807) is 30.3 Å². The minimum absolute atomic E-state index is 0.160. The summed E-state index contributed by atoms with van der Waals surface area (Å²) in [7, 11) is 0. The largest absolute Gasteiger partial charge is 0.289 e. The van der Waals surface area contributed by atoms with Crippen LogP contribution in [0.5, 0.6) is 0 Å². The molecule has 0 fully saturated rings. The predicted octanol–water partition coefficient (Wildman–Crippen LogP) is 4.28. The number of nitriles is 1. The Bertz CT molecular complexity index is 724. The molecule has 0 spiro atoms. The number of pyridine rings is 1. The van der Waals surface area contributed by atoms with Crippen molar-refractivity contribution >= 4 is 40.9 Å². The van der Waals surface area contributed by atoms with E-state index < -0.39 is 0 Å². The molecule has 0 aliphatic heterocycles. The number of hydrogen-bond donors (Lipinski definition) is 0. The maximum Gasteiger partial charge on any atom is 0.195 e. The summed E-state index contributed by atoms with van der Waals surface area (Å²) in [6.45, 7) is 0. The summed E-state index contributed by atoms with van der Waals surface area (Å²) < 4.78 is 0. The van der Waals surface area contributed by atoms with Crippen LogP contribution in [-0.2, 0) is 0 Å². The molecule has 6 heteroatoms. The summed E-state index contributed by atoms with van der Waals surface area (Å²) in [6.07, 6.45) is 3.71. The fourth-order valence-corrected chi connectivity index (χ4v) is 3.04. The first kappa shape index (κ1) is 15.9. The molecule has 106 valence electrons. The zero-order valence-electron chi connectivity index (χ0n) is 11.4. The molecule has 0 unspecified atom stereocenters. The van der Waals surface area contributed by atoms with E-state index in [1.165, 1.54) is 23.5 Å². The van der Waals surface area contributed by atoms with Gasteiger partial charge in [0.25, 0.3) is 0 Å². The zero-order valence-corrected chi connectivity index (χ0v) is 13.8. The molecule has 0 atom stereocenters. The van der Waals surface area contributed by atoms with Crippen LogP contribution in [-0.4, -0.2) is 23.3 Å². The number of thioether (sulfide) groups is 2. The van der Waals surface area contributed by atoms with Gasteiger partial charge in [0.05, 0.1) is 11.1 Å². The topological polar surface area (TPSA) is 53.8 Å². The molecule has 3 nitrogen and oxygen atoms in total. The lowest BCUT2D eigenvalue weighted by atomic mass is 10.0. The highest BCUT2D eigenvalue weighted by molar-refractivity contribution is 7.99. The van der Waals surface area contributed by atoms with Crippen LogP contribution < -0.4 is 0 Å². The van der Waals surface area contributed by atoms with Crippen molar-refractivity contribution in [2.24, 2.45) is 0 Å². The van der Waals surface area contributed by atoms with Crippen molar-refractivity contribution in [1.82, 2.24) is 4.98 Å². The average molecular weight is 335 g/mol. The standard InChI is InChI=1S/C15H11ClN2OS2/c1-20-14-10(8-17)7-12(15(18-14)21-2)13(19)9-3-5-11(16)6-4-9/h3-7H,1-2H3. The van der Waals surface area contributed by atoms with Gasteiger partial charge in [-0.15, -0.1) is 23.5 Å². The summed E-state index contributed by atoms with van der Waals surface area (Å²) in [6, 6.07) is 10.4. The number of benzene rings is 1. The van der Waals surface area contributed by atoms with E-state index in [9.17, 15) is 10.1 Å². The van der Waals surface area contributed by atoms with Crippen LogP contribution in [0.1, 0.15) is 21.5 Å². The zero-order chi connectivity index (χ0) is 15.4. The van der Waals surface area contributed by atoms with Gasteiger partial charge in [0.1, 0.15) is 16.1 Å². The highest BCUT2D eigenvalue weighted by Gasteiger charge is 2.18. The van der Waals surface area contributed by atoms with E-state index in [1.807, 2.05) is 12.5 Å². The number of halogens is 1. The summed E-state index contributed by atoms with van der Waals surface area (Å²) >= 11 is 8.62. The van der Waals surface area contributed by atoms with Crippen molar-refractivity contribution in [1.29, 1.82) is 5.26 Å². The first-order valence-electron chi connectivity index (χ1n) is 5.94. The summed E-state index contributed by atoms with van der Waals surface area (Å²) in [5.74, 6) is -0.160. The van der Waals surface area contributed by atoms with Gasteiger partial charge >= 0.3 is 0 Å². The van der Waals surface area contributed by atoms with E-state index in [-0.39, 0.29) is 5.78 Å². The fourth-order valence-electron chi connectivity index (χ4n) is 1.79. The predicted molar refractivity (Wildman–Crippen MR) is 87.4 cm³/mol. The second-order valence-corrected chi connectivity index (χ2v) is 6.08. The summed E-state index contributed by atoms with van der Waals surface area (Å²) in [5, 5.41) is 11.0. The van der Waals surface area contributed by atoms with E-state index in [2.05, 4.69) is 11.1 Å². The van der Waals surface area contributed by atoms with Gasteiger partial charge in [0.15, 0.2) is 5.78 Å². The second-order valence-electron chi connectivity index (χ2n) is 4.05. The molecule has 2 aromatic rings. The van der Waals surface area contributed by atoms with Gasteiger partial charge in [0.2, 0.25) is 0 Å². The van der Waals surface area contributed by atoms with Gasteiger partial charge in [0, 0.05) is 10.6 Å². The highest BCUT2D eigenvalue weighted by Crippen LogP contribution is 2.27. The molecule has 2 rings (SSSR count). The van der Waals surface area contributed by atoms with Gasteiger partial charge in [-0.2, -0.15) is 5.26 Å². The number of aromatic nitrogens is 1. The molecule has 0 aliphatic carbocycles. The molecule has 0 radical (unpaired) electrons. The number of hydrogen-bond acceptors (Lipinski definition) is 5. The minimum Gasteiger partial charge on any atom is -0.289 e. The smallest absolute Gasteiger partial charge is 0.195 e. The van der Waals surface area contributed by atoms with Crippen LogP contribution >= 0.6 is 35.1 Å². The third-order valence-electron chi connectivity index (χ3n) is 2.81. The molecule has 1 aromatic heterocycles. The van der Waals surface area contributed by atoms with Gasteiger partial charge in [-0.05, 0) is 42.8 Å². The van der Waals surface area contributed by atoms with Gasteiger partial charge < -0.3 is 0 Å². The van der Waals surface area contributed by atoms with Crippen molar-refractivity contribution in [3.8, 4) is 6.07 Å². The van der Waals surface area contributed by atoms with Crippen LogP contribution in [0.4, 0.5) is 0 Å². The Kier molecular flexibility index (Phi) is 5.29. The number of rotatable bonds is 4. The Morgan fingerprint density at radius 2 is 1.81 bits per heavy atom. The Hall–Kier alpha value is -1.48. The third-order valence-corrected chi connectivity index (χ3v) is 4.46. The monoisotopic (exact) mass is 334 g/mol. The van der Waals surface area contributed by atoms with Gasteiger partial charge in [-0.25, -0.2) is 4.98 Å². The normalized spacial score (nSPS) is 10.2. The molecular weight excluding hydrogens is 324 g/mol. The number of carbonyl (C=O) groups excluding carboxylic acids is 1. The maximum absolute atomic E-state index is 12.6. The molecule has 0 bridgehead atoms. The Morgan fingerprint density at radius 3 is 2.33 bits per heavy atom. The first-order chi connectivity index (χ1) is 10.1. The quantitative estimate of drug-likeness (QED) is 0.617. The third kappa shape index (κ3) is 3.41. The van der Waals surface area contributed by atoms with Crippen LogP contribution in [0.15, 0.2) is 40.4 Å². The molecule has 0 saturated heterocycles. The molecule has 0 amide bonds. The summed E-state index contributed by atoms with van der Waals surface area (Å²) in [4.78, 5) is 17.0. The van der Waals surface area contributed by atoms with Crippen molar-refractivity contribution < 1.29 is 4.79 Å². The van der Waals surface area contributed by atoms with Crippen LogP contribution in [0, 0.1) is 11.3 Å². The number of nitrogens with zero attached hydrogens (tertiary/aromatic N) is 2. The van der Waals surface area contributed by atoms with Crippen LogP contribution in [0.3, 0.4) is 0 Å². The fraction of sp³-hybridized carbons (Fsp3) is 0.133. The Labute approximate surface area is 136 Å². The number of ketones is 1. The first-order valence-corrected chi connectivity index (χ1v) is 8.76. The molecule has 1 aromatic carbocycles.